The second-order valence-electron chi connectivity index (χ2n) is 6.96. The second-order valence-corrected chi connectivity index (χ2v) is 6.96. The molecule has 0 N–H and O–H groups in total. The fourth-order valence-electron chi connectivity index (χ4n) is 2.22. The molecule has 6 heteroatoms. The van der Waals surface area contributed by atoms with E-state index in [4.69, 9.17) is 18.9 Å². The number of aromatic nitrogens is 2. The van der Waals surface area contributed by atoms with E-state index in [0.717, 1.165) is 5.56 Å². The van der Waals surface area contributed by atoms with Crippen molar-refractivity contribution >= 4 is 6.20 Å². The molecule has 2 heterocycles. The van der Waals surface area contributed by atoms with E-state index in [2.05, 4.69) is 38.9 Å². The smallest absolute Gasteiger partial charge is 0.224 e. The van der Waals surface area contributed by atoms with Crippen LogP contribution in [0.5, 0.6) is 5.88 Å². The molecule has 0 radical (unpaired) electrons. The Morgan fingerprint density at radius 1 is 1.39 bits per heavy atom. The summed E-state index contributed by atoms with van der Waals surface area (Å²) in [5.74, 6) is 1.09. The van der Waals surface area contributed by atoms with Crippen LogP contribution in [-0.4, -0.2) is 36.4 Å². The lowest BCUT2D eigenvalue weighted by molar-refractivity contribution is -0.382. The van der Waals surface area contributed by atoms with Crippen LogP contribution >= 0.6 is 0 Å². The van der Waals surface area contributed by atoms with Gasteiger partial charge in [0.25, 0.3) is 0 Å². The molecular formula is C17H28N2O4. The summed E-state index contributed by atoms with van der Waals surface area (Å²) in [7, 11) is 1.70. The highest BCUT2D eigenvalue weighted by atomic mass is 16.9. The zero-order valence-corrected chi connectivity index (χ0v) is 14.9. The Morgan fingerprint density at radius 2 is 2.09 bits per heavy atom. The van der Waals surface area contributed by atoms with Crippen LogP contribution in [0.2, 0.25) is 0 Å². The Balaban J connectivity index is 2.19. The van der Waals surface area contributed by atoms with Crippen LogP contribution in [0.25, 0.3) is 6.20 Å². The van der Waals surface area contributed by atoms with Gasteiger partial charge in [-0.2, -0.15) is 5.10 Å². The number of hydrogen-bond donors (Lipinski definition) is 0. The highest BCUT2D eigenvalue weighted by Crippen LogP contribution is 2.37. The normalized spacial score (nSPS) is 21.9. The van der Waals surface area contributed by atoms with Crippen LogP contribution < -0.4 is 4.74 Å². The summed E-state index contributed by atoms with van der Waals surface area (Å²) in [5.41, 5.74) is 0.728. The molecule has 0 amide bonds. The second kappa shape index (κ2) is 7.47. The van der Waals surface area contributed by atoms with Crippen molar-refractivity contribution in [2.24, 2.45) is 11.3 Å². The summed E-state index contributed by atoms with van der Waals surface area (Å²) in [6.07, 6.45) is 5.11. The molecule has 0 spiro atoms. The first-order valence-electron chi connectivity index (χ1n) is 8.02. The quantitative estimate of drug-likeness (QED) is 0.733. The van der Waals surface area contributed by atoms with E-state index in [1.807, 2.05) is 13.1 Å². The molecule has 6 nitrogen and oxygen atoms in total. The third-order valence-electron chi connectivity index (χ3n) is 3.40. The number of rotatable bonds is 8. The van der Waals surface area contributed by atoms with Gasteiger partial charge in [0, 0.05) is 18.7 Å². The molecular weight excluding hydrogens is 296 g/mol. The SMILES string of the molecule is COCC(C)(C)/C=C/n1ncc(C2OC(C)O2)c1OCC(C)C. The van der Waals surface area contributed by atoms with Crippen molar-refractivity contribution < 1.29 is 18.9 Å². The maximum atomic E-state index is 5.94. The van der Waals surface area contributed by atoms with E-state index in [1.165, 1.54) is 0 Å². The van der Waals surface area contributed by atoms with E-state index in [1.54, 1.807) is 18.0 Å². The fourth-order valence-corrected chi connectivity index (χ4v) is 2.22. The molecule has 130 valence electrons. The third kappa shape index (κ3) is 4.80. The molecule has 2 rings (SSSR count). The van der Waals surface area contributed by atoms with E-state index in [9.17, 15) is 0 Å². The highest BCUT2D eigenvalue weighted by Gasteiger charge is 2.33. The Bertz CT molecular complexity index is 531. The molecule has 1 aliphatic rings. The standard InChI is InChI=1S/C17H28N2O4/c1-12(2)10-21-15-14(16-22-13(3)23-16)9-18-19(15)8-7-17(4,5)11-20-6/h7-9,12-13,16H,10-11H2,1-6H3/b8-7+. The monoisotopic (exact) mass is 324 g/mol. The average molecular weight is 324 g/mol. The minimum Gasteiger partial charge on any atom is -0.477 e. The van der Waals surface area contributed by atoms with Gasteiger partial charge in [0.05, 0.1) is 25.0 Å². The lowest BCUT2D eigenvalue weighted by atomic mass is 9.95. The van der Waals surface area contributed by atoms with Gasteiger partial charge in [-0.3, -0.25) is 0 Å². The Morgan fingerprint density at radius 3 is 2.65 bits per heavy atom. The number of methoxy groups -OCH3 is 1. The first kappa shape index (κ1) is 18.0. The van der Waals surface area contributed by atoms with Crippen LogP contribution in [0.4, 0.5) is 0 Å². The molecule has 0 saturated carbocycles. The Hall–Kier alpha value is -1.37. The number of hydrogen-bond acceptors (Lipinski definition) is 5. The van der Waals surface area contributed by atoms with Crippen molar-refractivity contribution in [3.8, 4) is 5.88 Å². The number of ether oxygens (including phenoxy) is 4. The lowest BCUT2D eigenvalue weighted by Crippen LogP contribution is -2.31. The van der Waals surface area contributed by atoms with Crippen LogP contribution in [0, 0.1) is 11.3 Å². The lowest BCUT2D eigenvalue weighted by Gasteiger charge is -2.33. The van der Waals surface area contributed by atoms with Gasteiger partial charge in [0.2, 0.25) is 5.88 Å². The molecule has 1 fully saturated rings. The summed E-state index contributed by atoms with van der Waals surface area (Å²) in [4.78, 5) is 0. The van der Waals surface area contributed by atoms with Gasteiger partial charge in [-0.15, -0.1) is 0 Å². The third-order valence-corrected chi connectivity index (χ3v) is 3.40. The Kier molecular flexibility index (Phi) is 5.84. The Labute approximate surface area is 138 Å². The van der Waals surface area contributed by atoms with Crippen LogP contribution in [0.15, 0.2) is 12.3 Å². The first-order valence-corrected chi connectivity index (χ1v) is 8.02. The maximum Gasteiger partial charge on any atom is 0.224 e. The van der Waals surface area contributed by atoms with Crippen LogP contribution in [0.1, 0.15) is 46.5 Å². The van der Waals surface area contributed by atoms with Gasteiger partial charge in [-0.05, 0) is 12.8 Å². The van der Waals surface area contributed by atoms with Crippen molar-refractivity contribution in [3.05, 3.63) is 17.8 Å². The van der Waals surface area contributed by atoms with Gasteiger partial charge >= 0.3 is 0 Å². The van der Waals surface area contributed by atoms with Crippen LogP contribution in [0.3, 0.4) is 0 Å². The summed E-state index contributed by atoms with van der Waals surface area (Å²) in [6.45, 7) is 11.5. The van der Waals surface area contributed by atoms with Gasteiger partial charge in [0.15, 0.2) is 12.6 Å². The molecule has 0 bridgehead atoms. The van der Waals surface area contributed by atoms with Gasteiger partial charge in [-0.1, -0.05) is 33.8 Å². The predicted octanol–water partition coefficient (Wildman–Crippen LogP) is 3.45. The van der Waals surface area contributed by atoms with Crippen molar-refractivity contribution in [1.82, 2.24) is 9.78 Å². The summed E-state index contributed by atoms with van der Waals surface area (Å²) < 4.78 is 24.0. The molecule has 23 heavy (non-hydrogen) atoms. The minimum atomic E-state index is -0.402. The molecule has 0 unspecified atom stereocenters. The molecule has 1 aromatic heterocycles. The van der Waals surface area contributed by atoms with Gasteiger partial charge in [0.1, 0.15) is 0 Å². The largest absolute Gasteiger partial charge is 0.477 e. The summed E-state index contributed by atoms with van der Waals surface area (Å²) >= 11 is 0. The van der Waals surface area contributed by atoms with E-state index < -0.39 is 6.29 Å². The topological polar surface area (TPSA) is 54.7 Å². The van der Waals surface area contributed by atoms with E-state index in [0.29, 0.717) is 25.0 Å². The molecule has 0 aromatic carbocycles. The van der Waals surface area contributed by atoms with Crippen molar-refractivity contribution in [3.63, 3.8) is 0 Å². The van der Waals surface area contributed by atoms with E-state index in [-0.39, 0.29) is 11.7 Å². The van der Waals surface area contributed by atoms with Crippen molar-refractivity contribution in [2.75, 3.05) is 20.3 Å². The van der Waals surface area contributed by atoms with Crippen molar-refractivity contribution in [2.45, 2.75) is 47.2 Å². The van der Waals surface area contributed by atoms with Gasteiger partial charge < -0.3 is 18.9 Å². The molecule has 1 aliphatic heterocycles. The molecule has 0 atom stereocenters. The summed E-state index contributed by atoms with van der Waals surface area (Å²) in [5, 5.41) is 4.39. The zero-order chi connectivity index (χ0) is 17.0. The van der Waals surface area contributed by atoms with E-state index >= 15 is 0 Å². The average Bonchev–Trinajstić information content (AvgIpc) is 2.82. The predicted molar refractivity (Wildman–Crippen MR) is 87.9 cm³/mol. The fraction of sp³-hybridized carbons (Fsp3) is 0.706. The minimum absolute atomic E-state index is 0.0891. The first-order chi connectivity index (χ1) is 10.8. The van der Waals surface area contributed by atoms with Crippen molar-refractivity contribution in [1.29, 1.82) is 0 Å². The summed E-state index contributed by atoms with van der Waals surface area (Å²) in [6, 6.07) is 0. The van der Waals surface area contributed by atoms with Gasteiger partial charge in [-0.25, -0.2) is 4.68 Å². The van der Waals surface area contributed by atoms with Crippen LogP contribution in [-0.2, 0) is 14.2 Å². The molecule has 1 aromatic rings. The molecule has 0 aliphatic carbocycles. The highest BCUT2D eigenvalue weighted by molar-refractivity contribution is 5.36. The zero-order valence-electron chi connectivity index (χ0n) is 14.9. The number of nitrogens with zero attached hydrogens (tertiary/aromatic N) is 2. The maximum absolute atomic E-state index is 5.94. The molecule has 1 saturated heterocycles.